The van der Waals surface area contributed by atoms with E-state index < -0.39 is 25.0 Å². The van der Waals surface area contributed by atoms with Gasteiger partial charge in [0, 0.05) is 25.9 Å². The van der Waals surface area contributed by atoms with Crippen LogP contribution < -0.4 is 0 Å². The number of rotatable bonds is 5. The monoisotopic (exact) mass is 335 g/mol. The molecular weight excluding hydrogens is 302 g/mol. The van der Waals surface area contributed by atoms with Gasteiger partial charge in [-0.25, -0.2) is 0 Å². The Labute approximate surface area is 160 Å². The maximum Gasteiger partial charge on any atom is 0.0705 e. The Morgan fingerprint density at radius 1 is 1.00 bits per heavy atom. The summed E-state index contributed by atoms with van der Waals surface area (Å²) >= 11 is 0. The summed E-state index contributed by atoms with van der Waals surface area (Å²) in [4.78, 5) is 4.36. The third-order valence-electron chi connectivity index (χ3n) is 4.15. The molecule has 25 heavy (non-hydrogen) atoms. The van der Waals surface area contributed by atoms with Crippen LogP contribution in [0.5, 0.6) is 0 Å². The van der Waals surface area contributed by atoms with Crippen LogP contribution in [0.2, 0.25) is 0 Å². The first-order chi connectivity index (χ1) is 14.3. The van der Waals surface area contributed by atoms with Crippen molar-refractivity contribution in [2.75, 3.05) is 0 Å². The SMILES string of the molecule is [2H]C([2H])([2H])c1cnc(-c2cccc(C([2H])(C)c3ccccc3)c2)cc1C([2H])([2H])C(C)C. The minimum absolute atomic E-state index is 0.0688. The molecule has 1 atom stereocenters. The lowest BCUT2D eigenvalue weighted by Crippen LogP contribution is -2.00. The first kappa shape index (κ1) is 11.3. The van der Waals surface area contributed by atoms with Crippen LogP contribution >= 0.6 is 0 Å². The average Bonchev–Trinajstić information content (AvgIpc) is 2.73. The summed E-state index contributed by atoms with van der Waals surface area (Å²) in [5.74, 6) is -1.39. The lowest BCUT2D eigenvalue weighted by atomic mass is 9.91. The zero-order valence-corrected chi connectivity index (χ0v) is 14.9. The fraction of sp³-hybridized carbons (Fsp3) is 0.292. The summed E-state index contributed by atoms with van der Waals surface area (Å²) < 4.78 is 49.4. The number of benzene rings is 2. The molecule has 0 aliphatic rings. The molecule has 2 aromatic carbocycles. The third kappa shape index (κ3) is 4.17. The number of hydrogen-bond acceptors (Lipinski definition) is 1. The number of pyridine rings is 1. The fourth-order valence-corrected chi connectivity index (χ4v) is 2.81. The predicted molar refractivity (Wildman–Crippen MR) is 107 cm³/mol. The number of aromatic nitrogens is 1. The first-order valence-corrected chi connectivity index (χ1v) is 8.52. The zero-order valence-electron chi connectivity index (χ0n) is 20.9. The van der Waals surface area contributed by atoms with Crippen molar-refractivity contribution >= 4 is 0 Å². The molecule has 3 rings (SSSR count). The molecule has 1 unspecified atom stereocenters. The van der Waals surface area contributed by atoms with Gasteiger partial charge in [-0.3, -0.25) is 4.98 Å². The van der Waals surface area contributed by atoms with Gasteiger partial charge in [-0.15, -0.1) is 0 Å². The minimum Gasteiger partial charge on any atom is -0.256 e. The average molecular weight is 336 g/mol. The number of aryl methyl sites for hydroxylation is 1. The Hall–Kier alpha value is -2.41. The molecule has 1 heteroatoms. The molecule has 0 spiro atoms. The topological polar surface area (TPSA) is 12.9 Å². The lowest BCUT2D eigenvalue weighted by Gasteiger charge is -2.15. The molecule has 0 bridgehead atoms. The van der Waals surface area contributed by atoms with Gasteiger partial charge in [0.2, 0.25) is 0 Å². The van der Waals surface area contributed by atoms with Gasteiger partial charge >= 0.3 is 0 Å². The molecule has 0 fully saturated rings. The molecule has 1 heterocycles. The summed E-state index contributed by atoms with van der Waals surface area (Å²) in [6.07, 6.45) is -0.561. The standard InChI is InChI=1S/C24H27N/c1-17(2)13-23-15-24(25-16-18(23)3)22-12-8-11-21(14-22)19(4)20-9-6-5-7-10-20/h5-12,14-17,19H,13H2,1-4H3/i3D3,13D2,19D. The molecule has 0 aliphatic heterocycles. The van der Waals surface area contributed by atoms with Gasteiger partial charge < -0.3 is 0 Å². The van der Waals surface area contributed by atoms with E-state index >= 15 is 0 Å². The molecule has 0 aliphatic carbocycles. The largest absolute Gasteiger partial charge is 0.256 e. The molecule has 0 saturated carbocycles. The normalized spacial score (nSPS) is 18.2. The second-order valence-electron chi connectivity index (χ2n) is 6.49. The van der Waals surface area contributed by atoms with Crippen LogP contribution in [0.15, 0.2) is 66.9 Å². The van der Waals surface area contributed by atoms with E-state index in [2.05, 4.69) is 4.98 Å². The molecule has 1 aromatic heterocycles. The molecule has 0 radical (unpaired) electrons. The van der Waals surface area contributed by atoms with E-state index in [0.29, 0.717) is 11.3 Å². The highest BCUT2D eigenvalue weighted by Gasteiger charge is 2.11. The van der Waals surface area contributed by atoms with E-state index in [4.69, 9.17) is 8.22 Å². The van der Waals surface area contributed by atoms with E-state index in [-0.39, 0.29) is 11.1 Å². The zero-order chi connectivity index (χ0) is 23.0. The van der Waals surface area contributed by atoms with Crippen LogP contribution in [0.4, 0.5) is 0 Å². The van der Waals surface area contributed by atoms with Gasteiger partial charge in [-0.05, 0) is 53.5 Å². The van der Waals surface area contributed by atoms with Crippen molar-refractivity contribution in [3.8, 4) is 11.3 Å². The van der Waals surface area contributed by atoms with E-state index in [1.165, 1.54) is 6.20 Å². The van der Waals surface area contributed by atoms with Crippen molar-refractivity contribution in [2.24, 2.45) is 5.92 Å². The van der Waals surface area contributed by atoms with E-state index in [1.54, 1.807) is 19.9 Å². The molecule has 0 N–H and O–H groups in total. The lowest BCUT2D eigenvalue weighted by molar-refractivity contribution is 0.644. The Bertz CT molecular complexity index is 1060. The second kappa shape index (κ2) is 7.65. The summed E-state index contributed by atoms with van der Waals surface area (Å²) in [7, 11) is 0. The smallest absolute Gasteiger partial charge is 0.0705 e. The van der Waals surface area contributed by atoms with Gasteiger partial charge in [0.1, 0.15) is 0 Å². The van der Waals surface area contributed by atoms with Gasteiger partial charge in [0.15, 0.2) is 0 Å². The molecule has 0 saturated heterocycles. The van der Waals surface area contributed by atoms with Crippen molar-refractivity contribution in [2.45, 2.75) is 39.9 Å². The fourth-order valence-electron chi connectivity index (χ4n) is 2.81. The van der Waals surface area contributed by atoms with Crippen LogP contribution in [0, 0.1) is 12.8 Å². The first-order valence-electron chi connectivity index (χ1n) is 11.5. The minimum atomic E-state index is -2.46. The van der Waals surface area contributed by atoms with Crippen LogP contribution in [0.25, 0.3) is 11.3 Å². The third-order valence-corrected chi connectivity index (χ3v) is 4.15. The summed E-state index contributed by atoms with van der Waals surface area (Å²) in [6.45, 7) is 2.83. The van der Waals surface area contributed by atoms with E-state index in [1.807, 2.05) is 61.5 Å². The van der Waals surface area contributed by atoms with Gasteiger partial charge in [0.05, 0.1) is 5.69 Å². The highest BCUT2D eigenvalue weighted by molar-refractivity contribution is 5.62. The molecule has 128 valence electrons. The summed E-state index contributed by atoms with van der Waals surface area (Å²) in [6, 6.07) is 18.5. The van der Waals surface area contributed by atoms with E-state index in [0.717, 1.165) is 11.1 Å². The second-order valence-corrected chi connectivity index (χ2v) is 6.49. The van der Waals surface area contributed by atoms with Crippen molar-refractivity contribution in [1.82, 2.24) is 4.98 Å². The predicted octanol–water partition coefficient (Wildman–Crippen LogP) is 6.41. The Kier molecular flexibility index (Phi) is 3.44. The van der Waals surface area contributed by atoms with Crippen molar-refractivity contribution in [3.63, 3.8) is 0 Å². The van der Waals surface area contributed by atoms with Crippen molar-refractivity contribution in [1.29, 1.82) is 0 Å². The van der Waals surface area contributed by atoms with Crippen molar-refractivity contribution < 1.29 is 8.22 Å². The van der Waals surface area contributed by atoms with Gasteiger partial charge in [-0.1, -0.05) is 69.3 Å². The summed E-state index contributed by atoms with van der Waals surface area (Å²) in [5, 5.41) is 0. The summed E-state index contributed by atoms with van der Waals surface area (Å²) in [5.41, 5.74) is 2.89. The maximum absolute atomic E-state index is 8.93. The Balaban J connectivity index is 2.13. The number of nitrogens with zero attached hydrogens (tertiary/aromatic N) is 1. The van der Waals surface area contributed by atoms with Crippen LogP contribution in [-0.2, 0) is 6.37 Å². The molecule has 0 amide bonds. The number of hydrogen-bond donors (Lipinski definition) is 0. The molecule has 3 aromatic rings. The quantitative estimate of drug-likeness (QED) is 0.525. The maximum atomic E-state index is 8.93. The van der Waals surface area contributed by atoms with Gasteiger partial charge in [0.25, 0.3) is 0 Å². The van der Waals surface area contributed by atoms with Crippen LogP contribution in [0.1, 0.15) is 57.1 Å². The van der Waals surface area contributed by atoms with Crippen LogP contribution in [-0.4, -0.2) is 4.98 Å². The van der Waals surface area contributed by atoms with Crippen LogP contribution in [0.3, 0.4) is 0 Å². The molecule has 1 nitrogen and oxygen atoms in total. The highest BCUT2D eigenvalue weighted by atomic mass is 14.7. The van der Waals surface area contributed by atoms with Gasteiger partial charge in [-0.2, -0.15) is 0 Å². The molecular formula is C24H27N. The van der Waals surface area contributed by atoms with Crippen molar-refractivity contribution in [3.05, 3.63) is 89.1 Å². The highest BCUT2D eigenvalue weighted by Crippen LogP contribution is 2.28. The van der Waals surface area contributed by atoms with E-state index in [9.17, 15) is 0 Å². The Morgan fingerprint density at radius 2 is 1.76 bits per heavy atom. The Morgan fingerprint density at radius 3 is 2.48 bits per heavy atom.